The summed E-state index contributed by atoms with van der Waals surface area (Å²) in [7, 11) is 0. The lowest BCUT2D eigenvalue weighted by Crippen LogP contribution is -2.29. The van der Waals surface area contributed by atoms with Crippen LogP contribution in [0.1, 0.15) is 32.1 Å². The van der Waals surface area contributed by atoms with Crippen molar-refractivity contribution in [2.24, 2.45) is 5.92 Å². The van der Waals surface area contributed by atoms with E-state index in [-0.39, 0.29) is 0 Å². The molecule has 2 fully saturated rings. The van der Waals surface area contributed by atoms with Gasteiger partial charge in [0, 0.05) is 6.04 Å². The van der Waals surface area contributed by atoms with Crippen molar-refractivity contribution in [3.8, 4) is 0 Å². The van der Waals surface area contributed by atoms with Gasteiger partial charge in [0.25, 0.3) is 0 Å². The van der Waals surface area contributed by atoms with E-state index < -0.39 is 0 Å². The fraction of sp³-hybridized carbons (Fsp3) is 1.00. The molecule has 0 spiro atoms. The van der Waals surface area contributed by atoms with Gasteiger partial charge in [-0.05, 0) is 31.7 Å². The van der Waals surface area contributed by atoms with Crippen LogP contribution in [-0.4, -0.2) is 12.6 Å². The van der Waals surface area contributed by atoms with Crippen LogP contribution in [0.15, 0.2) is 0 Å². The molecule has 2 aliphatic rings. The molecule has 2 rings (SSSR count). The Bertz CT molecular complexity index is 88.7. The van der Waals surface area contributed by atoms with E-state index in [9.17, 15) is 0 Å². The normalized spacial score (nSPS) is 42.7. The van der Waals surface area contributed by atoms with Gasteiger partial charge in [-0.3, -0.25) is 0 Å². The first kappa shape index (κ1) is 5.72. The number of fused-ring (bicyclic) bond motifs is 1. The third-order valence-electron chi connectivity index (χ3n) is 2.83. The Morgan fingerprint density at radius 1 is 1.00 bits per heavy atom. The van der Waals surface area contributed by atoms with Gasteiger partial charge in [0.05, 0.1) is 0 Å². The van der Waals surface area contributed by atoms with Crippen molar-refractivity contribution in [1.29, 1.82) is 0 Å². The Morgan fingerprint density at radius 2 is 1.89 bits per heavy atom. The highest BCUT2D eigenvalue weighted by molar-refractivity contribution is 4.86. The quantitative estimate of drug-likeness (QED) is 0.518. The van der Waals surface area contributed by atoms with Gasteiger partial charge in [0.2, 0.25) is 0 Å². The summed E-state index contributed by atoms with van der Waals surface area (Å²) in [6.45, 7) is 1.29. The first-order valence-electron chi connectivity index (χ1n) is 4.20. The van der Waals surface area contributed by atoms with Crippen LogP contribution in [0.4, 0.5) is 0 Å². The summed E-state index contributed by atoms with van der Waals surface area (Å²) >= 11 is 0. The molecule has 1 saturated carbocycles. The molecule has 1 saturated heterocycles. The van der Waals surface area contributed by atoms with Gasteiger partial charge in [-0.1, -0.05) is 12.8 Å². The Balaban J connectivity index is 1.97. The second kappa shape index (κ2) is 2.30. The zero-order valence-electron chi connectivity index (χ0n) is 5.90. The maximum absolute atomic E-state index is 3.56. The minimum absolute atomic E-state index is 0.916. The second-order valence-corrected chi connectivity index (χ2v) is 3.39. The molecule has 0 unspecified atom stereocenters. The van der Waals surface area contributed by atoms with Gasteiger partial charge in [-0.15, -0.1) is 0 Å². The van der Waals surface area contributed by atoms with Gasteiger partial charge >= 0.3 is 0 Å². The molecule has 0 aromatic rings. The molecule has 52 valence electrons. The van der Waals surface area contributed by atoms with E-state index in [1.165, 1.54) is 38.6 Å². The van der Waals surface area contributed by atoms with Gasteiger partial charge in [-0.25, -0.2) is 0 Å². The highest BCUT2D eigenvalue weighted by Crippen LogP contribution is 2.29. The van der Waals surface area contributed by atoms with Crippen LogP contribution in [0, 0.1) is 5.92 Å². The first-order chi connectivity index (χ1) is 4.47. The number of hydrogen-bond acceptors (Lipinski definition) is 1. The van der Waals surface area contributed by atoms with Crippen molar-refractivity contribution in [2.45, 2.75) is 38.1 Å². The molecule has 1 heterocycles. The molecule has 2 atom stereocenters. The molecule has 0 aromatic heterocycles. The average molecular weight is 125 g/mol. The van der Waals surface area contributed by atoms with Crippen molar-refractivity contribution >= 4 is 0 Å². The monoisotopic (exact) mass is 125 g/mol. The Hall–Kier alpha value is -0.0400. The summed E-state index contributed by atoms with van der Waals surface area (Å²) in [4.78, 5) is 0. The van der Waals surface area contributed by atoms with Crippen molar-refractivity contribution in [3.05, 3.63) is 0 Å². The van der Waals surface area contributed by atoms with Crippen molar-refractivity contribution in [2.75, 3.05) is 6.54 Å². The SMILES string of the molecule is C1CC[C@@H]2NCC[C@@H]2C1. The van der Waals surface area contributed by atoms with Crippen LogP contribution in [0.5, 0.6) is 0 Å². The molecule has 1 aliphatic heterocycles. The van der Waals surface area contributed by atoms with Crippen LogP contribution in [0.2, 0.25) is 0 Å². The number of hydrogen-bond donors (Lipinski definition) is 1. The maximum Gasteiger partial charge on any atom is 0.00958 e. The minimum atomic E-state index is 0.916. The van der Waals surface area contributed by atoms with Crippen LogP contribution in [0.25, 0.3) is 0 Å². The molecule has 9 heavy (non-hydrogen) atoms. The summed E-state index contributed by atoms with van der Waals surface area (Å²) in [6, 6.07) is 0.916. The molecule has 1 heteroatoms. The maximum atomic E-state index is 3.56. The number of rotatable bonds is 0. The Morgan fingerprint density at radius 3 is 2.78 bits per heavy atom. The van der Waals surface area contributed by atoms with E-state index in [1.807, 2.05) is 0 Å². The van der Waals surface area contributed by atoms with Crippen LogP contribution >= 0.6 is 0 Å². The van der Waals surface area contributed by atoms with Crippen molar-refractivity contribution in [1.82, 2.24) is 5.32 Å². The summed E-state index contributed by atoms with van der Waals surface area (Å²) in [5.74, 6) is 1.05. The highest BCUT2D eigenvalue weighted by atomic mass is 15.0. The van der Waals surface area contributed by atoms with Crippen LogP contribution in [-0.2, 0) is 0 Å². The topological polar surface area (TPSA) is 12.0 Å². The van der Waals surface area contributed by atoms with E-state index in [0.717, 1.165) is 12.0 Å². The summed E-state index contributed by atoms with van der Waals surface area (Å²) in [5.41, 5.74) is 0. The third-order valence-corrected chi connectivity index (χ3v) is 2.83. The van der Waals surface area contributed by atoms with E-state index in [2.05, 4.69) is 5.32 Å². The molecular weight excluding hydrogens is 110 g/mol. The van der Waals surface area contributed by atoms with Gasteiger partial charge < -0.3 is 5.32 Å². The van der Waals surface area contributed by atoms with Gasteiger partial charge in [0.15, 0.2) is 0 Å². The van der Waals surface area contributed by atoms with Crippen LogP contribution < -0.4 is 5.32 Å². The third kappa shape index (κ3) is 0.983. The zero-order valence-corrected chi connectivity index (χ0v) is 5.90. The Kier molecular flexibility index (Phi) is 1.46. The standard InChI is InChI=1S/C8H15N/c1-2-4-8-7(3-1)5-6-9-8/h7-9H,1-6H2/t7-,8-/m0/s1. The number of nitrogens with one attached hydrogen (secondary N) is 1. The lowest BCUT2D eigenvalue weighted by atomic mass is 9.86. The predicted molar refractivity (Wildman–Crippen MR) is 38.4 cm³/mol. The average Bonchev–Trinajstić information content (AvgIpc) is 2.33. The first-order valence-corrected chi connectivity index (χ1v) is 4.20. The second-order valence-electron chi connectivity index (χ2n) is 3.39. The minimum Gasteiger partial charge on any atom is -0.314 e. The molecule has 1 aliphatic carbocycles. The highest BCUT2D eigenvalue weighted by Gasteiger charge is 2.28. The van der Waals surface area contributed by atoms with E-state index in [1.54, 1.807) is 0 Å². The summed E-state index contributed by atoms with van der Waals surface area (Å²) in [5, 5.41) is 3.56. The predicted octanol–water partition coefficient (Wildman–Crippen LogP) is 1.54. The molecule has 0 aromatic carbocycles. The molecule has 0 radical (unpaired) electrons. The summed E-state index contributed by atoms with van der Waals surface area (Å²) in [6.07, 6.45) is 7.35. The van der Waals surface area contributed by atoms with Gasteiger partial charge in [-0.2, -0.15) is 0 Å². The van der Waals surface area contributed by atoms with Crippen LogP contribution in [0.3, 0.4) is 0 Å². The fourth-order valence-electron chi connectivity index (χ4n) is 2.28. The van der Waals surface area contributed by atoms with Crippen molar-refractivity contribution in [3.63, 3.8) is 0 Å². The molecule has 0 amide bonds. The fourth-order valence-corrected chi connectivity index (χ4v) is 2.28. The Labute approximate surface area is 56.8 Å². The smallest absolute Gasteiger partial charge is 0.00958 e. The molecule has 1 nitrogen and oxygen atoms in total. The van der Waals surface area contributed by atoms with Crippen molar-refractivity contribution < 1.29 is 0 Å². The van der Waals surface area contributed by atoms with E-state index in [0.29, 0.717) is 0 Å². The lowest BCUT2D eigenvalue weighted by Gasteiger charge is -2.24. The summed E-state index contributed by atoms with van der Waals surface area (Å²) < 4.78 is 0. The van der Waals surface area contributed by atoms with E-state index in [4.69, 9.17) is 0 Å². The molecule has 0 bridgehead atoms. The molecular formula is C8H15N. The molecule has 1 N–H and O–H groups in total. The van der Waals surface area contributed by atoms with Gasteiger partial charge in [0.1, 0.15) is 0 Å². The zero-order chi connectivity index (χ0) is 6.10. The van der Waals surface area contributed by atoms with E-state index >= 15 is 0 Å². The lowest BCUT2D eigenvalue weighted by molar-refractivity contribution is 0.326. The largest absolute Gasteiger partial charge is 0.314 e.